The zero-order chi connectivity index (χ0) is 22.2. The van der Waals surface area contributed by atoms with Crippen LogP contribution in [0.4, 0.5) is 10.1 Å². The van der Waals surface area contributed by atoms with Crippen LogP contribution in [0.2, 0.25) is 0 Å². The summed E-state index contributed by atoms with van der Waals surface area (Å²) in [5.41, 5.74) is 2.60. The number of halogens is 1. The second kappa shape index (κ2) is 8.11. The Kier molecular flexibility index (Phi) is 5.13. The lowest BCUT2D eigenvalue weighted by Crippen LogP contribution is -2.47. The molecule has 1 aliphatic heterocycles. The number of fused-ring (bicyclic) bond motifs is 1. The highest BCUT2D eigenvalue weighted by Gasteiger charge is 2.49. The molecule has 32 heavy (non-hydrogen) atoms. The molecule has 5 nitrogen and oxygen atoms in total. The number of nitrogens with one attached hydrogen (secondary N) is 1. The van der Waals surface area contributed by atoms with Crippen LogP contribution in [0.15, 0.2) is 72.8 Å². The van der Waals surface area contributed by atoms with Crippen molar-refractivity contribution in [2.24, 2.45) is 0 Å². The average molecular weight is 430 g/mol. The molecule has 3 aromatic rings. The number of anilines is 1. The van der Waals surface area contributed by atoms with Gasteiger partial charge < -0.3 is 15.0 Å². The largest absolute Gasteiger partial charge is 0.497 e. The molecule has 1 heterocycles. The van der Waals surface area contributed by atoms with E-state index < -0.39 is 12.0 Å². The lowest BCUT2D eigenvalue weighted by atomic mass is 9.79. The summed E-state index contributed by atoms with van der Waals surface area (Å²) in [6.45, 7) is 0. The molecule has 0 bridgehead atoms. The van der Waals surface area contributed by atoms with E-state index in [4.69, 9.17) is 4.74 Å². The first-order chi connectivity index (χ1) is 15.6. The van der Waals surface area contributed by atoms with Crippen molar-refractivity contribution in [1.29, 1.82) is 0 Å². The molecule has 2 aliphatic rings. The highest BCUT2D eigenvalue weighted by molar-refractivity contribution is 6.04. The van der Waals surface area contributed by atoms with Crippen LogP contribution >= 0.6 is 0 Å². The van der Waals surface area contributed by atoms with Gasteiger partial charge >= 0.3 is 0 Å². The fourth-order valence-electron chi connectivity index (χ4n) is 4.52. The van der Waals surface area contributed by atoms with Gasteiger partial charge in [0, 0.05) is 17.3 Å². The molecule has 2 amide bonds. The van der Waals surface area contributed by atoms with E-state index in [-0.39, 0.29) is 23.7 Å². The molecule has 1 saturated carbocycles. The van der Waals surface area contributed by atoms with Crippen molar-refractivity contribution in [1.82, 2.24) is 4.90 Å². The predicted molar refractivity (Wildman–Crippen MR) is 119 cm³/mol. The molecule has 0 spiro atoms. The topological polar surface area (TPSA) is 58.6 Å². The van der Waals surface area contributed by atoms with Crippen LogP contribution < -0.4 is 10.1 Å². The molecule has 0 aromatic heterocycles. The van der Waals surface area contributed by atoms with Crippen LogP contribution in [0.3, 0.4) is 0 Å². The number of hydrogen-bond acceptors (Lipinski definition) is 3. The van der Waals surface area contributed by atoms with Crippen molar-refractivity contribution >= 4 is 17.5 Å². The van der Waals surface area contributed by atoms with Gasteiger partial charge in [-0.15, -0.1) is 0 Å². The van der Waals surface area contributed by atoms with Gasteiger partial charge in [-0.2, -0.15) is 0 Å². The Labute approximate surface area is 185 Å². The van der Waals surface area contributed by atoms with Crippen LogP contribution in [0, 0.1) is 5.82 Å². The zero-order valence-corrected chi connectivity index (χ0v) is 17.6. The van der Waals surface area contributed by atoms with E-state index in [9.17, 15) is 14.0 Å². The van der Waals surface area contributed by atoms with Crippen LogP contribution in [-0.4, -0.2) is 29.9 Å². The number of rotatable bonds is 5. The Morgan fingerprint density at radius 2 is 1.78 bits per heavy atom. The first-order valence-electron chi connectivity index (χ1n) is 10.7. The third-order valence-corrected chi connectivity index (χ3v) is 6.15. The van der Waals surface area contributed by atoms with E-state index in [2.05, 4.69) is 5.32 Å². The Hall–Kier alpha value is -3.67. The standard InChI is InChI=1S/C26H23FN2O3/c1-32-20-6-4-5-16(15-20)24-23(25(30)28-18-11-9-17(27)10-12-18)21-7-2-3-8-22(21)26(31)29(24)19-13-14-19/h2-12,15,19,23-24H,13-14H2,1H3,(H,28,30). The van der Waals surface area contributed by atoms with Gasteiger partial charge in [-0.25, -0.2) is 4.39 Å². The number of benzene rings is 3. The molecule has 0 radical (unpaired) electrons. The Morgan fingerprint density at radius 1 is 1.03 bits per heavy atom. The highest BCUT2D eigenvalue weighted by Crippen LogP contribution is 2.48. The zero-order valence-electron chi connectivity index (χ0n) is 17.6. The molecule has 3 aromatic carbocycles. The third-order valence-electron chi connectivity index (χ3n) is 6.15. The van der Waals surface area contributed by atoms with Gasteiger partial charge in [-0.1, -0.05) is 30.3 Å². The lowest BCUT2D eigenvalue weighted by molar-refractivity contribution is -0.119. The van der Waals surface area contributed by atoms with Crippen LogP contribution in [-0.2, 0) is 4.79 Å². The van der Waals surface area contributed by atoms with Crippen molar-refractivity contribution in [2.45, 2.75) is 30.8 Å². The van der Waals surface area contributed by atoms with Crippen molar-refractivity contribution in [3.05, 3.63) is 95.3 Å². The summed E-state index contributed by atoms with van der Waals surface area (Å²) in [7, 11) is 1.60. The molecule has 1 fully saturated rings. The molecule has 5 rings (SSSR count). The number of carbonyl (C=O) groups is 2. The summed E-state index contributed by atoms with van der Waals surface area (Å²) in [6, 6.07) is 20.2. The minimum Gasteiger partial charge on any atom is -0.497 e. The molecule has 2 unspecified atom stereocenters. The summed E-state index contributed by atoms with van der Waals surface area (Å²) >= 11 is 0. The van der Waals surface area contributed by atoms with E-state index in [1.54, 1.807) is 13.2 Å². The number of nitrogens with zero attached hydrogens (tertiary/aromatic N) is 1. The van der Waals surface area contributed by atoms with Gasteiger partial charge in [-0.3, -0.25) is 9.59 Å². The fourth-order valence-corrected chi connectivity index (χ4v) is 4.52. The molecule has 2 atom stereocenters. The van der Waals surface area contributed by atoms with Gasteiger partial charge in [-0.05, 0) is 66.4 Å². The number of methoxy groups -OCH3 is 1. The van der Waals surface area contributed by atoms with Crippen LogP contribution in [0.1, 0.15) is 46.3 Å². The average Bonchev–Trinajstić information content (AvgIpc) is 3.65. The van der Waals surface area contributed by atoms with E-state index in [1.807, 2.05) is 47.4 Å². The van der Waals surface area contributed by atoms with Gasteiger partial charge in [0.25, 0.3) is 5.91 Å². The number of carbonyl (C=O) groups excluding carboxylic acids is 2. The molecule has 1 N–H and O–H groups in total. The molecule has 162 valence electrons. The van der Waals surface area contributed by atoms with Crippen molar-refractivity contribution in [2.75, 3.05) is 12.4 Å². The second-order valence-electron chi connectivity index (χ2n) is 8.23. The van der Waals surface area contributed by atoms with E-state index >= 15 is 0 Å². The number of ether oxygens (including phenoxy) is 1. The highest BCUT2D eigenvalue weighted by atomic mass is 19.1. The first kappa shape index (κ1) is 20.2. The minimum atomic E-state index is -0.623. The van der Waals surface area contributed by atoms with Crippen molar-refractivity contribution < 1.29 is 18.7 Å². The SMILES string of the molecule is COc1cccc(C2C(C(=O)Nc3ccc(F)cc3)c3ccccc3C(=O)N2C2CC2)c1. The molecular weight excluding hydrogens is 407 g/mol. The fraction of sp³-hybridized carbons (Fsp3) is 0.231. The summed E-state index contributed by atoms with van der Waals surface area (Å²) in [5, 5.41) is 2.93. The molecule has 6 heteroatoms. The van der Waals surface area contributed by atoms with Crippen molar-refractivity contribution in [3.8, 4) is 5.75 Å². The van der Waals surface area contributed by atoms with Crippen LogP contribution in [0.5, 0.6) is 5.75 Å². The van der Waals surface area contributed by atoms with E-state index in [1.165, 1.54) is 24.3 Å². The maximum atomic E-state index is 13.7. The monoisotopic (exact) mass is 430 g/mol. The Balaban J connectivity index is 1.63. The first-order valence-corrected chi connectivity index (χ1v) is 10.7. The Bertz CT molecular complexity index is 1170. The van der Waals surface area contributed by atoms with Gasteiger partial charge in [0.1, 0.15) is 11.6 Å². The quantitative estimate of drug-likeness (QED) is 0.625. The van der Waals surface area contributed by atoms with Crippen LogP contribution in [0.25, 0.3) is 0 Å². The van der Waals surface area contributed by atoms with Gasteiger partial charge in [0.05, 0.1) is 19.1 Å². The molecule has 0 saturated heterocycles. The minimum absolute atomic E-state index is 0.0539. The number of amides is 2. The molecular formula is C26H23FN2O3. The summed E-state index contributed by atoms with van der Waals surface area (Å²) in [6.07, 6.45) is 1.83. The second-order valence-corrected chi connectivity index (χ2v) is 8.23. The third kappa shape index (κ3) is 3.62. The van der Waals surface area contributed by atoms with Gasteiger partial charge in [0.15, 0.2) is 0 Å². The smallest absolute Gasteiger partial charge is 0.254 e. The Morgan fingerprint density at radius 3 is 2.50 bits per heavy atom. The summed E-state index contributed by atoms with van der Waals surface area (Å²) < 4.78 is 18.8. The lowest BCUT2D eigenvalue weighted by Gasteiger charge is -2.42. The van der Waals surface area contributed by atoms with E-state index in [0.29, 0.717) is 22.6 Å². The normalized spacial score (nSPS) is 19.9. The summed E-state index contributed by atoms with van der Waals surface area (Å²) in [5.74, 6) is -0.619. The number of hydrogen-bond donors (Lipinski definition) is 1. The van der Waals surface area contributed by atoms with E-state index in [0.717, 1.165) is 18.4 Å². The maximum Gasteiger partial charge on any atom is 0.254 e. The predicted octanol–water partition coefficient (Wildman–Crippen LogP) is 4.92. The maximum absolute atomic E-state index is 13.7. The summed E-state index contributed by atoms with van der Waals surface area (Å²) in [4.78, 5) is 29.1. The van der Waals surface area contributed by atoms with Crippen molar-refractivity contribution in [3.63, 3.8) is 0 Å². The molecule has 1 aliphatic carbocycles. The van der Waals surface area contributed by atoms with Gasteiger partial charge in [0.2, 0.25) is 5.91 Å².